The van der Waals surface area contributed by atoms with Crippen molar-refractivity contribution >= 4 is 10.0 Å². The van der Waals surface area contributed by atoms with Gasteiger partial charge in [0.25, 0.3) is 0 Å². The van der Waals surface area contributed by atoms with Crippen LogP contribution < -0.4 is 5.73 Å². The summed E-state index contributed by atoms with van der Waals surface area (Å²) in [6, 6.07) is 9.56. The summed E-state index contributed by atoms with van der Waals surface area (Å²) in [5.41, 5.74) is 6.36. The number of sulfonamides is 1. The highest BCUT2D eigenvalue weighted by Crippen LogP contribution is 2.28. The Hall–Kier alpha value is -0.910. The second kappa shape index (κ2) is 6.50. The first-order valence-corrected chi connectivity index (χ1v) is 8.48. The Kier molecular flexibility index (Phi) is 4.96. The average Bonchev–Trinajstić information content (AvgIpc) is 2.32. The zero-order chi connectivity index (χ0) is 13.7. The van der Waals surface area contributed by atoms with Crippen LogP contribution in [-0.4, -0.2) is 31.9 Å². The minimum atomic E-state index is -3.23. The van der Waals surface area contributed by atoms with E-state index in [2.05, 4.69) is 0 Å². The molecule has 19 heavy (non-hydrogen) atoms. The van der Waals surface area contributed by atoms with Gasteiger partial charge in [-0.3, -0.25) is 0 Å². The standard InChI is InChI=1S/C14H22N2O2S/c15-10-5-11-16(14-8-4-9-14)19(17,18)12-13-6-2-1-3-7-13/h1-3,6-7,14H,4-5,8-12,15H2. The maximum Gasteiger partial charge on any atom is 0.218 e. The molecule has 0 spiro atoms. The highest BCUT2D eigenvalue weighted by Gasteiger charge is 2.33. The summed E-state index contributed by atoms with van der Waals surface area (Å²) in [4.78, 5) is 0. The first-order chi connectivity index (χ1) is 9.13. The van der Waals surface area contributed by atoms with Gasteiger partial charge in [0.15, 0.2) is 0 Å². The minimum absolute atomic E-state index is 0.0922. The van der Waals surface area contributed by atoms with Crippen molar-refractivity contribution in [2.45, 2.75) is 37.5 Å². The molecule has 0 amide bonds. The van der Waals surface area contributed by atoms with Crippen molar-refractivity contribution < 1.29 is 8.42 Å². The van der Waals surface area contributed by atoms with E-state index >= 15 is 0 Å². The van der Waals surface area contributed by atoms with Crippen molar-refractivity contribution in [1.82, 2.24) is 4.31 Å². The van der Waals surface area contributed by atoms with Crippen LogP contribution in [0.4, 0.5) is 0 Å². The Morgan fingerprint density at radius 2 is 1.89 bits per heavy atom. The van der Waals surface area contributed by atoms with Gasteiger partial charge in [-0.25, -0.2) is 8.42 Å². The summed E-state index contributed by atoms with van der Waals surface area (Å²) < 4.78 is 26.7. The zero-order valence-electron chi connectivity index (χ0n) is 11.2. The van der Waals surface area contributed by atoms with Gasteiger partial charge >= 0.3 is 0 Å². The summed E-state index contributed by atoms with van der Waals surface area (Å²) in [5, 5.41) is 0. The van der Waals surface area contributed by atoms with Crippen LogP contribution in [0.2, 0.25) is 0 Å². The molecule has 1 fully saturated rings. The fourth-order valence-corrected chi connectivity index (χ4v) is 4.19. The SMILES string of the molecule is NCCCN(C1CCC1)S(=O)(=O)Cc1ccccc1. The van der Waals surface area contributed by atoms with Gasteiger partial charge in [0.2, 0.25) is 10.0 Å². The number of nitrogens with two attached hydrogens (primary N) is 1. The lowest BCUT2D eigenvalue weighted by molar-refractivity contribution is 0.218. The predicted octanol–water partition coefficient (Wildman–Crippen LogP) is 1.72. The molecule has 1 aromatic carbocycles. The lowest BCUT2D eigenvalue weighted by atomic mass is 9.93. The average molecular weight is 282 g/mol. The van der Waals surface area contributed by atoms with Gasteiger partial charge in [0.05, 0.1) is 5.75 Å². The van der Waals surface area contributed by atoms with Gasteiger partial charge in [-0.05, 0) is 31.4 Å². The van der Waals surface area contributed by atoms with Gasteiger partial charge in [-0.1, -0.05) is 36.8 Å². The maximum atomic E-state index is 12.5. The summed E-state index contributed by atoms with van der Waals surface area (Å²) >= 11 is 0. The Bertz CT molecular complexity index is 483. The topological polar surface area (TPSA) is 63.4 Å². The van der Waals surface area contributed by atoms with Crippen LogP contribution in [0.15, 0.2) is 30.3 Å². The lowest BCUT2D eigenvalue weighted by Gasteiger charge is -2.36. The highest BCUT2D eigenvalue weighted by atomic mass is 32.2. The minimum Gasteiger partial charge on any atom is -0.330 e. The summed E-state index contributed by atoms with van der Waals surface area (Å²) in [7, 11) is -3.23. The van der Waals surface area contributed by atoms with E-state index in [9.17, 15) is 8.42 Å². The molecule has 4 nitrogen and oxygen atoms in total. The molecule has 0 aromatic heterocycles. The lowest BCUT2D eigenvalue weighted by Crippen LogP contribution is -2.45. The van der Waals surface area contributed by atoms with E-state index in [-0.39, 0.29) is 11.8 Å². The van der Waals surface area contributed by atoms with Crippen LogP contribution in [0.1, 0.15) is 31.2 Å². The van der Waals surface area contributed by atoms with E-state index in [1.807, 2.05) is 30.3 Å². The molecular formula is C14H22N2O2S. The van der Waals surface area contributed by atoms with Crippen LogP contribution in [0, 0.1) is 0 Å². The van der Waals surface area contributed by atoms with Crippen LogP contribution in [-0.2, 0) is 15.8 Å². The van der Waals surface area contributed by atoms with E-state index in [4.69, 9.17) is 5.73 Å². The molecule has 1 aliphatic rings. The van der Waals surface area contributed by atoms with E-state index in [1.165, 1.54) is 0 Å². The Balaban J connectivity index is 2.09. The molecule has 0 radical (unpaired) electrons. The van der Waals surface area contributed by atoms with Crippen molar-refractivity contribution in [2.75, 3.05) is 13.1 Å². The van der Waals surface area contributed by atoms with E-state index in [1.54, 1.807) is 4.31 Å². The highest BCUT2D eigenvalue weighted by molar-refractivity contribution is 7.88. The quantitative estimate of drug-likeness (QED) is 0.828. The van der Waals surface area contributed by atoms with E-state index < -0.39 is 10.0 Å². The first kappa shape index (κ1) is 14.5. The normalized spacial score (nSPS) is 16.5. The number of nitrogens with zero attached hydrogens (tertiary/aromatic N) is 1. The molecule has 0 bridgehead atoms. The smallest absolute Gasteiger partial charge is 0.218 e. The molecule has 5 heteroatoms. The molecule has 0 heterocycles. The summed E-state index contributed by atoms with van der Waals surface area (Å²) in [6.07, 6.45) is 3.83. The fraction of sp³-hybridized carbons (Fsp3) is 0.571. The molecular weight excluding hydrogens is 260 g/mol. The first-order valence-electron chi connectivity index (χ1n) is 6.87. The zero-order valence-corrected chi connectivity index (χ0v) is 12.0. The molecule has 2 N–H and O–H groups in total. The third-order valence-corrected chi connectivity index (χ3v) is 5.51. The molecule has 1 aliphatic carbocycles. The number of rotatable bonds is 7. The predicted molar refractivity (Wildman–Crippen MR) is 77.1 cm³/mol. The Morgan fingerprint density at radius 1 is 1.21 bits per heavy atom. The van der Waals surface area contributed by atoms with Gasteiger partial charge in [0, 0.05) is 12.6 Å². The fourth-order valence-electron chi connectivity index (χ4n) is 2.34. The number of hydrogen-bond donors (Lipinski definition) is 1. The van der Waals surface area contributed by atoms with E-state index in [0.29, 0.717) is 13.1 Å². The molecule has 1 saturated carbocycles. The van der Waals surface area contributed by atoms with Crippen molar-refractivity contribution in [3.63, 3.8) is 0 Å². The van der Waals surface area contributed by atoms with Gasteiger partial charge < -0.3 is 5.73 Å². The molecule has 1 aromatic rings. The monoisotopic (exact) mass is 282 g/mol. The van der Waals surface area contributed by atoms with Gasteiger partial charge in [-0.2, -0.15) is 4.31 Å². The molecule has 0 saturated heterocycles. The van der Waals surface area contributed by atoms with Crippen molar-refractivity contribution in [2.24, 2.45) is 5.73 Å². The van der Waals surface area contributed by atoms with Crippen molar-refractivity contribution in [3.8, 4) is 0 Å². The van der Waals surface area contributed by atoms with Crippen LogP contribution >= 0.6 is 0 Å². The van der Waals surface area contributed by atoms with Crippen molar-refractivity contribution in [3.05, 3.63) is 35.9 Å². The number of hydrogen-bond acceptors (Lipinski definition) is 3. The second-order valence-corrected chi connectivity index (χ2v) is 7.00. The largest absolute Gasteiger partial charge is 0.330 e. The Labute approximate surface area is 115 Å². The molecule has 0 aliphatic heterocycles. The molecule has 0 unspecified atom stereocenters. The summed E-state index contributed by atoms with van der Waals surface area (Å²) in [6.45, 7) is 1.08. The van der Waals surface area contributed by atoms with Crippen LogP contribution in [0.3, 0.4) is 0 Å². The van der Waals surface area contributed by atoms with Gasteiger partial charge in [-0.15, -0.1) is 0 Å². The summed E-state index contributed by atoms with van der Waals surface area (Å²) in [5.74, 6) is 0.0922. The third-order valence-electron chi connectivity index (χ3n) is 3.61. The maximum absolute atomic E-state index is 12.5. The number of benzene rings is 1. The Morgan fingerprint density at radius 3 is 2.42 bits per heavy atom. The van der Waals surface area contributed by atoms with Crippen LogP contribution in [0.25, 0.3) is 0 Å². The molecule has 0 atom stereocenters. The molecule has 2 rings (SSSR count). The van der Waals surface area contributed by atoms with Crippen LogP contribution in [0.5, 0.6) is 0 Å². The van der Waals surface area contributed by atoms with Gasteiger partial charge in [0.1, 0.15) is 0 Å². The van der Waals surface area contributed by atoms with Crippen molar-refractivity contribution in [1.29, 1.82) is 0 Å². The third kappa shape index (κ3) is 3.78. The molecule has 106 valence electrons. The second-order valence-electron chi connectivity index (χ2n) is 5.08. The van der Waals surface area contributed by atoms with E-state index in [0.717, 1.165) is 31.2 Å².